The van der Waals surface area contributed by atoms with Gasteiger partial charge in [-0.2, -0.15) is 0 Å². The zero-order valence-electron chi connectivity index (χ0n) is 22.3. The highest BCUT2D eigenvalue weighted by Crippen LogP contribution is 2.33. The Bertz CT molecular complexity index is 1510. The molecule has 194 valence electrons. The number of para-hydroxylation sites is 3. The molecular weight excluding hydrogens is 466 g/mol. The van der Waals surface area contributed by atoms with Crippen LogP contribution < -0.4 is 10.6 Å². The van der Waals surface area contributed by atoms with Crippen LogP contribution in [0.5, 0.6) is 0 Å². The van der Waals surface area contributed by atoms with Crippen LogP contribution in [0.1, 0.15) is 36.9 Å². The molecule has 5 heteroatoms. The Hall–Kier alpha value is -3.70. The topological polar surface area (TPSA) is 53.1 Å². The Morgan fingerprint density at radius 3 is 1.76 bits per heavy atom. The van der Waals surface area contributed by atoms with Gasteiger partial charge in [0.05, 0.1) is 22.2 Å². The first-order chi connectivity index (χ1) is 18.8. The minimum atomic E-state index is 0.940. The summed E-state index contributed by atoms with van der Waals surface area (Å²) in [6.45, 7) is 4.08. The van der Waals surface area contributed by atoms with Crippen LogP contribution in [-0.4, -0.2) is 48.1 Å². The molecule has 0 saturated heterocycles. The van der Waals surface area contributed by atoms with Crippen LogP contribution in [0.4, 0.5) is 11.4 Å². The fraction of sp³-hybridized carbons (Fsp3) is 0.333. The van der Waals surface area contributed by atoms with Crippen LogP contribution in [0.25, 0.3) is 32.7 Å². The number of pyridine rings is 2. The Morgan fingerprint density at radius 2 is 1.13 bits per heavy atom. The molecule has 38 heavy (non-hydrogen) atoms. The van der Waals surface area contributed by atoms with Crippen LogP contribution in [0.3, 0.4) is 0 Å². The van der Waals surface area contributed by atoms with Crippen molar-refractivity contribution in [2.45, 2.75) is 38.5 Å². The van der Waals surface area contributed by atoms with E-state index in [4.69, 9.17) is 9.97 Å². The van der Waals surface area contributed by atoms with Gasteiger partial charge in [0.2, 0.25) is 0 Å². The first-order valence-electron chi connectivity index (χ1n) is 14.1. The van der Waals surface area contributed by atoms with Crippen molar-refractivity contribution >= 4 is 44.1 Å². The number of hydrogen-bond acceptors (Lipinski definition) is 5. The van der Waals surface area contributed by atoms with Gasteiger partial charge in [-0.1, -0.05) is 54.6 Å². The second-order valence-corrected chi connectivity index (χ2v) is 10.5. The zero-order chi connectivity index (χ0) is 25.7. The van der Waals surface area contributed by atoms with E-state index in [1.165, 1.54) is 51.6 Å². The number of benzene rings is 3. The van der Waals surface area contributed by atoms with Crippen molar-refractivity contribution in [1.82, 2.24) is 14.9 Å². The van der Waals surface area contributed by atoms with E-state index in [2.05, 4.69) is 95.4 Å². The molecule has 6 rings (SSSR count). The molecule has 0 radical (unpaired) electrons. The molecule has 2 N–H and O–H groups in total. The van der Waals surface area contributed by atoms with Crippen molar-refractivity contribution in [2.75, 3.05) is 43.9 Å². The number of aryl methyl sites for hydroxylation is 1. The highest BCUT2D eigenvalue weighted by molar-refractivity contribution is 6.07. The molecule has 5 aromatic rings. The van der Waals surface area contributed by atoms with Gasteiger partial charge < -0.3 is 15.5 Å². The maximum absolute atomic E-state index is 4.97. The Labute approximate surface area is 225 Å². The molecule has 0 unspecified atom stereocenters. The van der Waals surface area contributed by atoms with Crippen molar-refractivity contribution in [1.29, 1.82) is 0 Å². The van der Waals surface area contributed by atoms with E-state index in [1.807, 2.05) is 0 Å². The molecule has 2 aromatic heterocycles. The minimum absolute atomic E-state index is 0.940. The van der Waals surface area contributed by atoms with Gasteiger partial charge in [0.15, 0.2) is 0 Å². The van der Waals surface area contributed by atoms with E-state index >= 15 is 0 Å². The largest absolute Gasteiger partial charge is 0.384 e. The van der Waals surface area contributed by atoms with Gasteiger partial charge in [-0.3, -0.25) is 4.98 Å². The van der Waals surface area contributed by atoms with Crippen LogP contribution in [0, 0.1) is 0 Å². The lowest BCUT2D eigenvalue weighted by Gasteiger charge is -2.22. The van der Waals surface area contributed by atoms with Crippen molar-refractivity contribution in [3.63, 3.8) is 0 Å². The van der Waals surface area contributed by atoms with Crippen LogP contribution in [-0.2, 0) is 12.8 Å². The van der Waals surface area contributed by atoms with Crippen LogP contribution >= 0.6 is 0 Å². The van der Waals surface area contributed by atoms with E-state index in [-0.39, 0.29) is 0 Å². The van der Waals surface area contributed by atoms with Crippen molar-refractivity contribution < 1.29 is 0 Å². The molecule has 0 amide bonds. The molecule has 0 aliphatic heterocycles. The standard InChI is InChI=1S/C33H37N5/c1-38(22-10-20-34-32-24-12-2-6-16-28(24)36-29-17-7-3-13-25(29)32)23-11-21-35-33-26-14-4-8-18-30(26)37-31-19-9-5-15-27(31)33/h2-4,6-8,12-14,16-18H,5,9-11,15,19-23H2,1H3,(H,34,36)(H,35,37). The second-order valence-electron chi connectivity index (χ2n) is 10.5. The smallest absolute Gasteiger partial charge is 0.0730 e. The zero-order valence-corrected chi connectivity index (χ0v) is 22.3. The quantitative estimate of drug-likeness (QED) is 0.158. The van der Waals surface area contributed by atoms with E-state index in [0.29, 0.717) is 0 Å². The third-order valence-corrected chi connectivity index (χ3v) is 7.79. The fourth-order valence-corrected chi connectivity index (χ4v) is 5.84. The Morgan fingerprint density at radius 1 is 0.632 bits per heavy atom. The summed E-state index contributed by atoms with van der Waals surface area (Å²) in [5, 5.41) is 11.2. The molecule has 0 atom stereocenters. The fourth-order valence-electron chi connectivity index (χ4n) is 5.84. The van der Waals surface area contributed by atoms with Crippen molar-refractivity contribution in [3.8, 4) is 0 Å². The number of nitrogens with one attached hydrogen (secondary N) is 2. The van der Waals surface area contributed by atoms with Crippen LogP contribution in [0.15, 0.2) is 72.8 Å². The summed E-state index contributed by atoms with van der Waals surface area (Å²) in [5.74, 6) is 0. The summed E-state index contributed by atoms with van der Waals surface area (Å²) in [6, 6.07) is 25.4. The van der Waals surface area contributed by atoms with Gasteiger partial charge in [-0.15, -0.1) is 0 Å². The first-order valence-corrected chi connectivity index (χ1v) is 14.1. The van der Waals surface area contributed by atoms with Gasteiger partial charge in [0.1, 0.15) is 0 Å². The molecule has 3 aromatic carbocycles. The molecule has 1 aliphatic carbocycles. The predicted octanol–water partition coefficient (Wildman–Crippen LogP) is 7.05. The van der Waals surface area contributed by atoms with Crippen LogP contribution in [0.2, 0.25) is 0 Å². The Kier molecular flexibility index (Phi) is 7.36. The lowest BCUT2D eigenvalue weighted by molar-refractivity contribution is 0.331. The number of anilines is 2. The summed E-state index contributed by atoms with van der Waals surface area (Å²) >= 11 is 0. The summed E-state index contributed by atoms with van der Waals surface area (Å²) < 4.78 is 0. The maximum atomic E-state index is 4.97. The number of fused-ring (bicyclic) bond motifs is 4. The van der Waals surface area contributed by atoms with Gasteiger partial charge in [0, 0.05) is 40.6 Å². The van der Waals surface area contributed by atoms with Gasteiger partial charge >= 0.3 is 0 Å². The predicted molar refractivity (Wildman–Crippen MR) is 161 cm³/mol. The third kappa shape index (κ3) is 5.16. The molecule has 0 spiro atoms. The number of aromatic nitrogens is 2. The lowest BCUT2D eigenvalue weighted by Crippen LogP contribution is -2.24. The van der Waals surface area contributed by atoms with Gasteiger partial charge in [-0.05, 0) is 82.4 Å². The number of hydrogen-bond donors (Lipinski definition) is 2. The maximum Gasteiger partial charge on any atom is 0.0730 e. The van der Waals surface area contributed by atoms with Gasteiger partial charge in [0.25, 0.3) is 0 Å². The molecule has 0 saturated carbocycles. The summed E-state index contributed by atoms with van der Waals surface area (Å²) in [4.78, 5) is 12.3. The molecule has 0 fully saturated rings. The van der Waals surface area contributed by atoms with E-state index in [0.717, 1.165) is 68.4 Å². The minimum Gasteiger partial charge on any atom is -0.384 e. The molecule has 1 aliphatic rings. The third-order valence-electron chi connectivity index (χ3n) is 7.79. The summed E-state index contributed by atoms with van der Waals surface area (Å²) in [7, 11) is 2.24. The average Bonchev–Trinajstić information content (AvgIpc) is 2.96. The number of rotatable bonds is 10. The lowest BCUT2D eigenvalue weighted by atomic mass is 9.92. The summed E-state index contributed by atoms with van der Waals surface area (Å²) in [6.07, 6.45) is 6.99. The highest BCUT2D eigenvalue weighted by atomic mass is 15.1. The van der Waals surface area contributed by atoms with E-state index < -0.39 is 0 Å². The Balaban J connectivity index is 1.02. The molecule has 5 nitrogen and oxygen atoms in total. The SMILES string of the molecule is CN(CCCNc1c2c(nc3ccccc13)CCCC2)CCCNc1c2ccccc2nc2ccccc12. The molecule has 2 heterocycles. The molecular formula is C33H37N5. The normalized spacial score (nSPS) is 13.3. The average molecular weight is 504 g/mol. The van der Waals surface area contributed by atoms with E-state index in [1.54, 1.807) is 0 Å². The second kappa shape index (κ2) is 11.4. The van der Waals surface area contributed by atoms with Crippen molar-refractivity contribution in [3.05, 3.63) is 84.1 Å². The highest BCUT2D eigenvalue weighted by Gasteiger charge is 2.17. The molecule has 0 bridgehead atoms. The van der Waals surface area contributed by atoms with Gasteiger partial charge in [-0.25, -0.2) is 4.98 Å². The van der Waals surface area contributed by atoms with E-state index in [9.17, 15) is 0 Å². The number of nitrogens with zero attached hydrogens (tertiary/aromatic N) is 3. The summed E-state index contributed by atoms with van der Waals surface area (Å²) in [5.41, 5.74) is 8.49. The first kappa shape index (κ1) is 24.6. The monoisotopic (exact) mass is 503 g/mol. The van der Waals surface area contributed by atoms with Crippen molar-refractivity contribution in [2.24, 2.45) is 0 Å².